The van der Waals surface area contributed by atoms with E-state index in [1.54, 1.807) is 18.4 Å². The number of hydrogen-bond acceptors (Lipinski definition) is 5. The highest BCUT2D eigenvalue weighted by Gasteiger charge is 2.17. The minimum atomic E-state index is -0.488. The first-order valence-electron chi connectivity index (χ1n) is 8.87. The molecule has 0 saturated carbocycles. The fourth-order valence-electron chi connectivity index (χ4n) is 1.94. The Hall–Kier alpha value is -1.83. The summed E-state index contributed by atoms with van der Waals surface area (Å²) in [5, 5.41) is 12.4. The first-order chi connectivity index (χ1) is 12.0. The average Bonchev–Trinajstić information content (AvgIpc) is 2.97. The number of carbonyl (C=O) groups is 1. The molecule has 1 aromatic rings. The van der Waals surface area contributed by atoms with Crippen molar-refractivity contribution >= 4 is 23.4 Å². The van der Waals surface area contributed by atoms with Crippen molar-refractivity contribution in [1.29, 1.82) is 0 Å². The van der Waals surface area contributed by atoms with Gasteiger partial charge in [-0.05, 0) is 20.8 Å². The fourth-order valence-corrected chi connectivity index (χ4v) is 2.96. The minimum Gasteiger partial charge on any atom is -0.444 e. The van der Waals surface area contributed by atoms with Gasteiger partial charge in [0.1, 0.15) is 5.60 Å². The van der Waals surface area contributed by atoms with Crippen molar-refractivity contribution in [2.75, 3.05) is 26.7 Å². The summed E-state index contributed by atoms with van der Waals surface area (Å²) in [5.41, 5.74) is 0.729. The van der Waals surface area contributed by atoms with Gasteiger partial charge in [0, 0.05) is 43.9 Å². The average molecular weight is 384 g/mol. The third-order valence-electron chi connectivity index (χ3n) is 3.26. The van der Waals surface area contributed by atoms with Crippen molar-refractivity contribution < 1.29 is 9.53 Å². The van der Waals surface area contributed by atoms with Crippen LogP contribution in [0.1, 0.15) is 52.2 Å². The van der Waals surface area contributed by atoms with Crippen molar-refractivity contribution in [2.24, 2.45) is 4.99 Å². The van der Waals surface area contributed by atoms with E-state index in [2.05, 4.69) is 52.1 Å². The molecule has 1 aromatic heterocycles. The summed E-state index contributed by atoms with van der Waals surface area (Å²) in [6, 6.07) is 0. The second-order valence-corrected chi connectivity index (χ2v) is 8.92. The number of alkyl carbamates (subject to hydrolysis) is 1. The van der Waals surface area contributed by atoms with Gasteiger partial charge in [0.2, 0.25) is 0 Å². The topological polar surface area (TPSA) is 87.6 Å². The van der Waals surface area contributed by atoms with E-state index in [1.807, 2.05) is 20.8 Å². The number of nitrogens with one attached hydrogen (secondary N) is 3. The zero-order chi connectivity index (χ0) is 19.8. The van der Waals surface area contributed by atoms with Gasteiger partial charge in [-0.2, -0.15) is 0 Å². The smallest absolute Gasteiger partial charge is 0.407 e. The molecule has 26 heavy (non-hydrogen) atoms. The van der Waals surface area contributed by atoms with Crippen LogP contribution in [-0.2, 0) is 16.6 Å². The van der Waals surface area contributed by atoms with Crippen LogP contribution in [0.2, 0.25) is 0 Å². The van der Waals surface area contributed by atoms with Crippen LogP contribution < -0.4 is 16.0 Å². The second kappa shape index (κ2) is 9.75. The highest BCUT2D eigenvalue weighted by atomic mass is 32.1. The van der Waals surface area contributed by atoms with Crippen LogP contribution in [0, 0.1) is 0 Å². The van der Waals surface area contributed by atoms with Gasteiger partial charge < -0.3 is 20.7 Å². The van der Waals surface area contributed by atoms with Gasteiger partial charge in [-0.25, -0.2) is 9.78 Å². The monoisotopic (exact) mass is 383 g/mol. The molecule has 1 heterocycles. The van der Waals surface area contributed by atoms with Crippen LogP contribution in [0.25, 0.3) is 0 Å². The molecule has 0 aliphatic rings. The molecule has 0 bridgehead atoms. The maximum absolute atomic E-state index is 11.6. The third kappa shape index (κ3) is 9.03. The van der Waals surface area contributed by atoms with E-state index in [1.165, 1.54) is 0 Å². The molecule has 0 aromatic carbocycles. The van der Waals surface area contributed by atoms with Gasteiger partial charge >= 0.3 is 6.09 Å². The number of carbonyl (C=O) groups excluding carboxylic acids is 1. The number of aliphatic imine (C=N–C) groups is 1. The number of aromatic nitrogens is 1. The van der Waals surface area contributed by atoms with E-state index < -0.39 is 11.7 Å². The summed E-state index contributed by atoms with van der Waals surface area (Å²) in [4.78, 5) is 20.4. The van der Waals surface area contributed by atoms with Gasteiger partial charge in [-0.1, -0.05) is 20.8 Å². The zero-order valence-electron chi connectivity index (χ0n) is 17.0. The highest BCUT2D eigenvalue weighted by Crippen LogP contribution is 2.23. The van der Waals surface area contributed by atoms with Crippen LogP contribution in [0.5, 0.6) is 0 Å². The Kier molecular flexibility index (Phi) is 8.33. The zero-order valence-corrected chi connectivity index (χ0v) is 17.8. The predicted molar refractivity (Wildman–Crippen MR) is 108 cm³/mol. The summed E-state index contributed by atoms with van der Waals surface area (Å²) in [7, 11) is 1.72. The molecule has 0 aliphatic heterocycles. The Morgan fingerprint density at radius 3 is 2.27 bits per heavy atom. The van der Waals surface area contributed by atoms with Gasteiger partial charge in [0.15, 0.2) is 5.96 Å². The van der Waals surface area contributed by atoms with Crippen LogP contribution in [-0.4, -0.2) is 49.3 Å². The third-order valence-corrected chi connectivity index (χ3v) is 4.17. The van der Waals surface area contributed by atoms with E-state index in [-0.39, 0.29) is 5.41 Å². The lowest BCUT2D eigenvalue weighted by Gasteiger charge is -2.19. The van der Waals surface area contributed by atoms with Gasteiger partial charge in [-0.15, -0.1) is 11.3 Å². The first-order valence-corrected chi connectivity index (χ1v) is 9.75. The van der Waals surface area contributed by atoms with Crippen molar-refractivity contribution in [3.8, 4) is 0 Å². The van der Waals surface area contributed by atoms with Crippen molar-refractivity contribution in [2.45, 2.75) is 59.0 Å². The summed E-state index contributed by atoms with van der Waals surface area (Å²) in [6.07, 6.45) is 0.429. The highest BCUT2D eigenvalue weighted by molar-refractivity contribution is 7.09. The normalized spacial score (nSPS) is 12.7. The molecule has 0 spiro atoms. The van der Waals surface area contributed by atoms with Gasteiger partial charge in [-0.3, -0.25) is 4.99 Å². The van der Waals surface area contributed by atoms with Crippen molar-refractivity contribution in [3.63, 3.8) is 0 Å². The number of thiazole rings is 1. The molecular weight excluding hydrogens is 350 g/mol. The van der Waals surface area contributed by atoms with Crippen molar-refractivity contribution in [3.05, 3.63) is 16.1 Å². The van der Waals surface area contributed by atoms with Crippen LogP contribution in [0.15, 0.2) is 10.4 Å². The van der Waals surface area contributed by atoms with Gasteiger partial charge in [0.05, 0.1) is 10.7 Å². The molecule has 0 aliphatic carbocycles. The largest absolute Gasteiger partial charge is 0.444 e. The second-order valence-electron chi connectivity index (χ2n) is 7.98. The maximum atomic E-state index is 11.6. The standard InChI is InChI=1S/C18H33N5O2S/c1-17(2,3)13-12-26-14(23-13)8-9-20-15(19-7)21-10-11-22-16(24)25-18(4,5)6/h12H,8-11H2,1-7H3,(H,22,24)(H2,19,20,21). The first kappa shape index (κ1) is 22.2. The van der Waals surface area contributed by atoms with Crippen LogP contribution in [0.4, 0.5) is 4.79 Å². The predicted octanol–water partition coefficient (Wildman–Crippen LogP) is 2.67. The van der Waals surface area contributed by atoms with E-state index in [9.17, 15) is 4.79 Å². The lowest BCUT2D eigenvalue weighted by atomic mass is 9.93. The minimum absolute atomic E-state index is 0.0842. The Balaban J connectivity index is 2.25. The molecule has 3 N–H and O–H groups in total. The molecule has 0 unspecified atom stereocenters. The molecule has 7 nitrogen and oxygen atoms in total. The Morgan fingerprint density at radius 2 is 1.73 bits per heavy atom. The molecule has 0 saturated heterocycles. The lowest BCUT2D eigenvalue weighted by Crippen LogP contribution is -2.43. The van der Waals surface area contributed by atoms with Crippen molar-refractivity contribution in [1.82, 2.24) is 20.9 Å². The summed E-state index contributed by atoms with van der Waals surface area (Å²) in [6.45, 7) is 13.8. The SMILES string of the molecule is CN=C(NCCNC(=O)OC(C)(C)C)NCCc1nc(C(C)(C)C)cs1. The quantitative estimate of drug-likeness (QED) is 0.399. The summed E-state index contributed by atoms with van der Waals surface area (Å²) in [5.74, 6) is 0.698. The van der Waals surface area contributed by atoms with E-state index in [0.29, 0.717) is 19.0 Å². The van der Waals surface area contributed by atoms with Gasteiger partial charge in [0.25, 0.3) is 0 Å². The van der Waals surface area contributed by atoms with Crippen LogP contribution >= 0.6 is 11.3 Å². The van der Waals surface area contributed by atoms with E-state index >= 15 is 0 Å². The molecule has 8 heteroatoms. The molecule has 0 atom stereocenters. The molecule has 1 rings (SSSR count). The van der Waals surface area contributed by atoms with E-state index in [0.717, 1.165) is 23.7 Å². The maximum Gasteiger partial charge on any atom is 0.407 e. The summed E-state index contributed by atoms with van der Waals surface area (Å²) < 4.78 is 5.18. The lowest BCUT2D eigenvalue weighted by molar-refractivity contribution is 0.0529. The number of hydrogen-bond donors (Lipinski definition) is 3. The van der Waals surface area contributed by atoms with Crippen LogP contribution in [0.3, 0.4) is 0 Å². The molecular formula is C18H33N5O2S. The number of guanidine groups is 1. The number of nitrogens with zero attached hydrogens (tertiary/aromatic N) is 2. The fraction of sp³-hybridized carbons (Fsp3) is 0.722. The Labute approximate surface area is 161 Å². The Bertz CT molecular complexity index is 599. The molecule has 0 radical (unpaired) electrons. The van der Waals surface area contributed by atoms with E-state index in [4.69, 9.17) is 4.74 Å². The molecule has 1 amide bonds. The summed E-state index contributed by atoms with van der Waals surface area (Å²) >= 11 is 1.69. The number of ether oxygens (including phenoxy) is 1. The molecule has 0 fully saturated rings. The Morgan fingerprint density at radius 1 is 1.12 bits per heavy atom. The number of amides is 1. The molecule has 148 valence electrons. The number of rotatable bonds is 6.